The van der Waals surface area contributed by atoms with Crippen LogP contribution in [0.15, 0.2) is 41.8 Å². The van der Waals surface area contributed by atoms with E-state index in [4.69, 9.17) is 0 Å². The summed E-state index contributed by atoms with van der Waals surface area (Å²) in [7, 11) is 0. The highest BCUT2D eigenvalue weighted by Crippen LogP contribution is 2.20. The summed E-state index contributed by atoms with van der Waals surface area (Å²) in [6.07, 6.45) is 1.96. The van der Waals surface area contributed by atoms with E-state index in [0.29, 0.717) is 26.2 Å². The van der Waals surface area contributed by atoms with Crippen LogP contribution in [0.25, 0.3) is 0 Å². The largest absolute Gasteiger partial charge is 0.338 e. The summed E-state index contributed by atoms with van der Waals surface area (Å²) in [6, 6.07) is 11.9. The molecule has 0 unspecified atom stereocenters. The molecule has 5 nitrogen and oxygen atoms in total. The van der Waals surface area contributed by atoms with Gasteiger partial charge in [-0.1, -0.05) is 57.5 Å². The molecule has 0 saturated carbocycles. The van der Waals surface area contributed by atoms with Crippen LogP contribution in [0.3, 0.4) is 0 Å². The van der Waals surface area contributed by atoms with Crippen molar-refractivity contribution in [1.82, 2.24) is 15.1 Å². The minimum atomic E-state index is -0.155. The van der Waals surface area contributed by atoms with Crippen molar-refractivity contribution in [3.8, 4) is 0 Å². The number of benzene rings is 1. The average Bonchev–Trinajstić information content (AvgIpc) is 3.12. The zero-order valence-corrected chi connectivity index (χ0v) is 19.5. The van der Waals surface area contributed by atoms with E-state index in [1.807, 2.05) is 35.2 Å². The fourth-order valence-electron chi connectivity index (χ4n) is 3.18. The van der Waals surface area contributed by atoms with Crippen LogP contribution in [0.2, 0.25) is 0 Å². The molecule has 1 heterocycles. The molecule has 0 radical (unpaired) electrons. The molecule has 0 atom stereocenters. The highest BCUT2D eigenvalue weighted by molar-refractivity contribution is 7.10. The van der Waals surface area contributed by atoms with Gasteiger partial charge in [0.05, 0.1) is 6.54 Å². The van der Waals surface area contributed by atoms with E-state index in [9.17, 15) is 9.59 Å². The molecule has 3 amide bonds. The molecule has 1 aromatic heterocycles. The van der Waals surface area contributed by atoms with Crippen molar-refractivity contribution in [1.29, 1.82) is 0 Å². The Morgan fingerprint density at radius 1 is 1.07 bits per heavy atom. The molecule has 1 aromatic carbocycles. The monoisotopic (exact) mass is 429 g/mol. The zero-order chi connectivity index (χ0) is 21.9. The number of hydrogen-bond acceptors (Lipinski definition) is 3. The first-order chi connectivity index (χ1) is 14.4. The lowest BCUT2D eigenvalue weighted by Gasteiger charge is -2.29. The Labute approximate surface area is 185 Å². The molecular formula is C24H35N3O2S. The third-order valence-corrected chi connectivity index (χ3v) is 5.88. The highest BCUT2D eigenvalue weighted by atomic mass is 32.1. The van der Waals surface area contributed by atoms with Crippen LogP contribution in [-0.4, -0.2) is 41.4 Å². The third kappa shape index (κ3) is 7.82. The van der Waals surface area contributed by atoms with Gasteiger partial charge in [0, 0.05) is 24.5 Å². The minimum Gasteiger partial charge on any atom is -0.338 e. The molecule has 0 spiro atoms. The van der Waals surface area contributed by atoms with Crippen LogP contribution >= 0.6 is 11.3 Å². The maximum Gasteiger partial charge on any atom is 0.317 e. The fourth-order valence-corrected chi connectivity index (χ4v) is 4.10. The van der Waals surface area contributed by atoms with E-state index in [-0.39, 0.29) is 24.4 Å². The first-order valence-corrected chi connectivity index (χ1v) is 11.7. The van der Waals surface area contributed by atoms with Gasteiger partial charge >= 0.3 is 6.03 Å². The first kappa shape index (κ1) is 23.9. The van der Waals surface area contributed by atoms with Gasteiger partial charge < -0.3 is 15.1 Å². The van der Waals surface area contributed by atoms with Crippen molar-refractivity contribution in [3.05, 3.63) is 57.8 Å². The van der Waals surface area contributed by atoms with Crippen LogP contribution in [0.5, 0.6) is 0 Å². The number of carbonyl (C=O) groups is 2. The predicted octanol–water partition coefficient (Wildman–Crippen LogP) is 5.05. The lowest BCUT2D eigenvalue weighted by Crippen LogP contribution is -2.48. The van der Waals surface area contributed by atoms with Crippen molar-refractivity contribution in [2.45, 2.75) is 53.6 Å². The van der Waals surface area contributed by atoms with Gasteiger partial charge in [-0.25, -0.2) is 4.79 Å². The number of urea groups is 1. The molecule has 0 aliphatic rings. The van der Waals surface area contributed by atoms with Crippen molar-refractivity contribution >= 4 is 23.3 Å². The molecule has 0 saturated heterocycles. The maximum absolute atomic E-state index is 13.3. The van der Waals surface area contributed by atoms with Gasteiger partial charge in [0.1, 0.15) is 6.54 Å². The Morgan fingerprint density at radius 2 is 1.80 bits per heavy atom. The number of carbonyl (C=O) groups excluding carboxylic acids is 2. The number of hydrogen-bond donors (Lipinski definition) is 1. The van der Waals surface area contributed by atoms with Gasteiger partial charge in [0.15, 0.2) is 0 Å². The summed E-state index contributed by atoms with van der Waals surface area (Å²) in [4.78, 5) is 30.7. The molecule has 0 bridgehead atoms. The summed E-state index contributed by atoms with van der Waals surface area (Å²) in [5.74, 6) is 0.259. The molecule has 1 N–H and O–H groups in total. The van der Waals surface area contributed by atoms with Crippen molar-refractivity contribution in [3.63, 3.8) is 0 Å². The Kier molecular flexibility index (Phi) is 9.87. The number of nitrogens with one attached hydrogen (secondary N) is 1. The molecule has 164 valence electrons. The Hall–Kier alpha value is -2.34. The van der Waals surface area contributed by atoms with Crippen LogP contribution < -0.4 is 5.32 Å². The third-order valence-electron chi connectivity index (χ3n) is 4.88. The molecule has 0 fully saturated rings. The zero-order valence-electron chi connectivity index (χ0n) is 18.7. The van der Waals surface area contributed by atoms with Gasteiger partial charge in [-0.2, -0.15) is 0 Å². The van der Waals surface area contributed by atoms with Crippen LogP contribution in [0.4, 0.5) is 4.79 Å². The Morgan fingerprint density at radius 3 is 2.40 bits per heavy atom. The number of aryl methyl sites for hydroxylation is 1. The second-order valence-corrected chi connectivity index (χ2v) is 9.12. The van der Waals surface area contributed by atoms with E-state index in [1.54, 1.807) is 16.2 Å². The van der Waals surface area contributed by atoms with Gasteiger partial charge in [0.25, 0.3) is 0 Å². The van der Waals surface area contributed by atoms with E-state index in [0.717, 1.165) is 18.4 Å². The van der Waals surface area contributed by atoms with Crippen LogP contribution in [0, 0.1) is 12.8 Å². The molecular weight excluding hydrogens is 394 g/mol. The van der Waals surface area contributed by atoms with E-state index >= 15 is 0 Å². The average molecular weight is 430 g/mol. The Balaban J connectivity index is 2.14. The normalized spacial score (nSPS) is 10.8. The van der Waals surface area contributed by atoms with Gasteiger partial charge in [-0.15, -0.1) is 11.3 Å². The van der Waals surface area contributed by atoms with E-state index in [1.165, 1.54) is 10.4 Å². The van der Waals surface area contributed by atoms with Gasteiger partial charge in [-0.3, -0.25) is 4.79 Å². The van der Waals surface area contributed by atoms with Crippen LogP contribution in [-0.2, 0) is 17.9 Å². The highest BCUT2D eigenvalue weighted by Gasteiger charge is 2.23. The minimum absolute atomic E-state index is 0.0297. The Bertz CT molecular complexity index is 789. The second kappa shape index (κ2) is 12.4. The van der Waals surface area contributed by atoms with Crippen LogP contribution in [0.1, 0.15) is 49.6 Å². The van der Waals surface area contributed by atoms with Crippen molar-refractivity contribution < 1.29 is 9.59 Å². The standard InChI is InChI=1S/C24H35N3O2S/c1-5-6-13-25-24(29)27(15-19(2)3)18-23(28)26(16-21-10-8-7-9-11-21)17-22-20(4)12-14-30-22/h7-12,14,19H,5-6,13,15-18H2,1-4H3,(H,25,29). The molecule has 2 rings (SSSR count). The lowest BCUT2D eigenvalue weighted by atomic mass is 10.2. The number of amides is 3. The number of unbranched alkanes of at least 4 members (excludes halogenated alkanes) is 1. The summed E-state index contributed by atoms with van der Waals surface area (Å²) in [6.45, 7) is 10.7. The smallest absolute Gasteiger partial charge is 0.317 e. The molecule has 30 heavy (non-hydrogen) atoms. The summed E-state index contributed by atoms with van der Waals surface area (Å²) >= 11 is 1.67. The van der Waals surface area contributed by atoms with E-state index in [2.05, 4.69) is 44.5 Å². The first-order valence-electron chi connectivity index (χ1n) is 10.8. The van der Waals surface area contributed by atoms with E-state index < -0.39 is 0 Å². The number of rotatable bonds is 11. The topological polar surface area (TPSA) is 52.7 Å². The van der Waals surface area contributed by atoms with Crippen molar-refractivity contribution in [2.24, 2.45) is 5.92 Å². The number of nitrogens with zero attached hydrogens (tertiary/aromatic N) is 2. The SMILES string of the molecule is CCCCNC(=O)N(CC(=O)N(Cc1ccccc1)Cc1sccc1C)CC(C)C. The lowest BCUT2D eigenvalue weighted by molar-refractivity contribution is -0.133. The molecule has 6 heteroatoms. The molecule has 0 aliphatic heterocycles. The fraction of sp³-hybridized carbons (Fsp3) is 0.500. The summed E-state index contributed by atoms with van der Waals surface area (Å²) < 4.78 is 0. The quantitative estimate of drug-likeness (QED) is 0.508. The summed E-state index contributed by atoms with van der Waals surface area (Å²) in [5.41, 5.74) is 2.28. The molecule has 2 aromatic rings. The summed E-state index contributed by atoms with van der Waals surface area (Å²) in [5, 5.41) is 5.01. The van der Waals surface area contributed by atoms with Gasteiger partial charge in [-0.05, 0) is 41.8 Å². The predicted molar refractivity (Wildman–Crippen MR) is 124 cm³/mol. The van der Waals surface area contributed by atoms with Crippen molar-refractivity contribution in [2.75, 3.05) is 19.6 Å². The van der Waals surface area contributed by atoms with Gasteiger partial charge in [0.2, 0.25) is 5.91 Å². The molecule has 0 aliphatic carbocycles. The maximum atomic E-state index is 13.3. The number of thiophene rings is 1. The second-order valence-electron chi connectivity index (χ2n) is 8.12.